The molecule has 0 saturated heterocycles. The molecular formula is C30H30BrN. The van der Waals surface area contributed by atoms with Crippen molar-refractivity contribution in [2.45, 2.75) is 51.9 Å². The van der Waals surface area contributed by atoms with Crippen LogP contribution in [0.2, 0.25) is 0 Å². The standard InChI is InChI=1S/C30H30BrN/c1-21-7-2-5-12-29(21)32-30(24-8-3-4-9-24)25-16-13-22(14-17-25)19-23-15-18-27-26(20-23)10-6-11-28(27)31/h2,5-7,10-14,16-17,20,32H,3-4,8-9,15,18-19H2,1H3. The SMILES string of the molecule is Cc1ccccc1NC(=C1CCCC1)c1ccc(CC2=Cc3cccc(Br)c3CC2)cc1. The summed E-state index contributed by atoms with van der Waals surface area (Å²) in [6.45, 7) is 2.18. The van der Waals surface area contributed by atoms with Crippen molar-refractivity contribution in [1.82, 2.24) is 0 Å². The summed E-state index contributed by atoms with van der Waals surface area (Å²) in [6, 6.07) is 24.4. The van der Waals surface area contributed by atoms with Crippen LogP contribution in [0, 0.1) is 6.92 Å². The molecule has 1 fully saturated rings. The fourth-order valence-corrected chi connectivity index (χ4v) is 5.59. The van der Waals surface area contributed by atoms with Crippen molar-refractivity contribution in [1.29, 1.82) is 0 Å². The van der Waals surface area contributed by atoms with E-state index in [1.54, 1.807) is 5.57 Å². The van der Waals surface area contributed by atoms with E-state index in [4.69, 9.17) is 0 Å². The average Bonchev–Trinajstić information content (AvgIpc) is 3.34. The molecule has 0 heterocycles. The molecule has 0 atom stereocenters. The summed E-state index contributed by atoms with van der Waals surface area (Å²) in [5.41, 5.74) is 12.4. The number of rotatable bonds is 5. The maximum Gasteiger partial charge on any atom is 0.0449 e. The predicted molar refractivity (Wildman–Crippen MR) is 141 cm³/mol. The molecule has 0 bridgehead atoms. The molecule has 0 aliphatic heterocycles. The maximum absolute atomic E-state index is 3.79. The molecular weight excluding hydrogens is 454 g/mol. The van der Waals surface area contributed by atoms with Crippen LogP contribution < -0.4 is 5.32 Å². The Labute approximate surface area is 200 Å². The zero-order valence-corrected chi connectivity index (χ0v) is 20.3. The van der Waals surface area contributed by atoms with Crippen molar-refractivity contribution in [2.75, 3.05) is 5.32 Å². The van der Waals surface area contributed by atoms with E-state index < -0.39 is 0 Å². The zero-order chi connectivity index (χ0) is 21.9. The number of fused-ring (bicyclic) bond motifs is 1. The Morgan fingerprint density at radius 2 is 1.62 bits per heavy atom. The highest BCUT2D eigenvalue weighted by atomic mass is 79.9. The van der Waals surface area contributed by atoms with Crippen LogP contribution in [0.15, 0.2) is 82.3 Å². The lowest BCUT2D eigenvalue weighted by molar-refractivity contribution is 0.884. The molecule has 32 heavy (non-hydrogen) atoms. The molecule has 0 amide bonds. The number of hydrogen-bond donors (Lipinski definition) is 1. The average molecular weight is 484 g/mol. The summed E-state index contributed by atoms with van der Waals surface area (Å²) in [5, 5.41) is 3.79. The van der Waals surface area contributed by atoms with Crippen LogP contribution in [0.25, 0.3) is 11.8 Å². The third-order valence-corrected chi connectivity index (χ3v) is 7.59. The first-order valence-electron chi connectivity index (χ1n) is 11.8. The van der Waals surface area contributed by atoms with Crippen molar-refractivity contribution < 1.29 is 0 Å². The minimum atomic E-state index is 1.03. The fourth-order valence-electron chi connectivity index (χ4n) is 5.01. The number of hydrogen-bond acceptors (Lipinski definition) is 1. The fraction of sp³-hybridized carbons (Fsp3) is 0.267. The van der Waals surface area contributed by atoms with Gasteiger partial charge in [0, 0.05) is 15.9 Å². The van der Waals surface area contributed by atoms with E-state index in [-0.39, 0.29) is 0 Å². The Bertz CT molecular complexity index is 1180. The van der Waals surface area contributed by atoms with Crippen LogP contribution in [0.4, 0.5) is 5.69 Å². The zero-order valence-electron chi connectivity index (χ0n) is 18.8. The third kappa shape index (κ3) is 4.61. The third-order valence-electron chi connectivity index (χ3n) is 6.85. The molecule has 3 aromatic rings. The Balaban J connectivity index is 1.38. The second kappa shape index (κ2) is 9.50. The maximum atomic E-state index is 3.79. The molecule has 0 radical (unpaired) electrons. The summed E-state index contributed by atoms with van der Waals surface area (Å²) in [7, 11) is 0. The molecule has 0 aromatic heterocycles. The highest BCUT2D eigenvalue weighted by Gasteiger charge is 2.16. The Kier molecular flexibility index (Phi) is 6.32. The van der Waals surface area contributed by atoms with Crippen molar-refractivity contribution in [2.24, 2.45) is 0 Å². The van der Waals surface area contributed by atoms with Crippen LogP contribution in [0.3, 0.4) is 0 Å². The smallest absolute Gasteiger partial charge is 0.0449 e. The highest BCUT2D eigenvalue weighted by molar-refractivity contribution is 9.10. The quantitative estimate of drug-likeness (QED) is 0.382. The van der Waals surface area contributed by atoms with E-state index in [2.05, 4.69) is 101 Å². The first-order chi connectivity index (χ1) is 15.7. The van der Waals surface area contributed by atoms with E-state index >= 15 is 0 Å². The normalized spacial score (nSPS) is 15.3. The Hall–Kier alpha value is -2.58. The first kappa shape index (κ1) is 21.3. The van der Waals surface area contributed by atoms with E-state index in [0.29, 0.717) is 0 Å². The minimum Gasteiger partial charge on any atom is -0.355 e. The van der Waals surface area contributed by atoms with Gasteiger partial charge in [-0.05, 0) is 97.4 Å². The lowest BCUT2D eigenvalue weighted by atomic mass is 9.89. The van der Waals surface area contributed by atoms with E-state index in [0.717, 1.165) is 19.3 Å². The summed E-state index contributed by atoms with van der Waals surface area (Å²) >= 11 is 3.71. The first-order valence-corrected chi connectivity index (χ1v) is 12.6. The number of para-hydroxylation sites is 1. The number of halogens is 1. The molecule has 162 valence electrons. The van der Waals surface area contributed by atoms with Gasteiger partial charge in [0.25, 0.3) is 0 Å². The molecule has 1 nitrogen and oxygen atoms in total. The highest BCUT2D eigenvalue weighted by Crippen LogP contribution is 2.34. The molecule has 0 spiro atoms. The Morgan fingerprint density at radius 1 is 0.844 bits per heavy atom. The molecule has 2 aliphatic carbocycles. The molecule has 5 rings (SSSR count). The van der Waals surface area contributed by atoms with Gasteiger partial charge >= 0.3 is 0 Å². The van der Waals surface area contributed by atoms with Crippen molar-refractivity contribution >= 4 is 33.4 Å². The second-order valence-electron chi connectivity index (χ2n) is 9.11. The van der Waals surface area contributed by atoms with Gasteiger partial charge in [-0.25, -0.2) is 0 Å². The lowest BCUT2D eigenvalue weighted by Crippen LogP contribution is -2.04. The lowest BCUT2D eigenvalue weighted by Gasteiger charge is -2.19. The van der Waals surface area contributed by atoms with E-state index in [9.17, 15) is 0 Å². The van der Waals surface area contributed by atoms with Gasteiger partial charge in [0.15, 0.2) is 0 Å². The number of benzene rings is 3. The number of aryl methyl sites for hydroxylation is 1. The van der Waals surface area contributed by atoms with Crippen LogP contribution >= 0.6 is 15.9 Å². The van der Waals surface area contributed by atoms with Crippen LogP contribution in [-0.2, 0) is 12.8 Å². The van der Waals surface area contributed by atoms with Crippen molar-refractivity contribution in [3.05, 3.63) is 110 Å². The van der Waals surface area contributed by atoms with Gasteiger partial charge in [-0.2, -0.15) is 0 Å². The molecule has 1 N–H and O–H groups in total. The summed E-state index contributed by atoms with van der Waals surface area (Å²) in [6.07, 6.45) is 10.7. The van der Waals surface area contributed by atoms with Gasteiger partial charge in [0.2, 0.25) is 0 Å². The predicted octanol–water partition coefficient (Wildman–Crippen LogP) is 8.73. The number of nitrogens with one attached hydrogen (secondary N) is 1. The minimum absolute atomic E-state index is 1.03. The summed E-state index contributed by atoms with van der Waals surface area (Å²) in [5.74, 6) is 0. The molecule has 2 heteroatoms. The summed E-state index contributed by atoms with van der Waals surface area (Å²) < 4.78 is 1.24. The van der Waals surface area contributed by atoms with Gasteiger partial charge in [-0.3, -0.25) is 0 Å². The van der Waals surface area contributed by atoms with Gasteiger partial charge < -0.3 is 5.32 Å². The largest absolute Gasteiger partial charge is 0.355 e. The van der Waals surface area contributed by atoms with E-state index in [1.165, 1.54) is 74.9 Å². The van der Waals surface area contributed by atoms with E-state index in [1.807, 2.05) is 0 Å². The molecule has 0 unspecified atom stereocenters. The van der Waals surface area contributed by atoms with Gasteiger partial charge in [0.1, 0.15) is 0 Å². The molecule has 3 aromatic carbocycles. The topological polar surface area (TPSA) is 12.0 Å². The van der Waals surface area contributed by atoms with Gasteiger partial charge in [-0.1, -0.05) is 82.2 Å². The van der Waals surface area contributed by atoms with Crippen LogP contribution in [0.1, 0.15) is 59.9 Å². The van der Waals surface area contributed by atoms with Gasteiger partial charge in [-0.15, -0.1) is 0 Å². The van der Waals surface area contributed by atoms with Gasteiger partial charge in [0.05, 0.1) is 0 Å². The Morgan fingerprint density at radius 3 is 2.41 bits per heavy atom. The molecule has 2 aliphatic rings. The summed E-state index contributed by atoms with van der Waals surface area (Å²) in [4.78, 5) is 0. The van der Waals surface area contributed by atoms with Crippen LogP contribution in [-0.4, -0.2) is 0 Å². The number of allylic oxidation sites excluding steroid dienone is 2. The van der Waals surface area contributed by atoms with Crippen LogP contribution in [0.5, 0.6) is 0 Å². The molecule has 1 saturated carbocycles. The van der Waals surface area contributed by atoms with Crippen molar-refractivity contribution in [3.8, 4) is 0 Å². The van der Waals surface area contributed by atoms with Crippen molar-refractivity contribution in [3.63, 3.8) is 0 Å². The number of anilines is 1. The second-order valence-corrected chi connectivity index (χ2v) is 9.96. The monoisotopic (exact) mass is 483 g/mol.